The number of hydrogen-bond acceptors (Lipinski definition) is 4. The summed E-state index contributed by atoms with van der Waals surface area (Å²) in [5.41, 5.74) is 0. The highest BCUT2D eigenvalue weighted by Crippen LogP contribution is 2.35. The molecule has 0 radical (unpaired) electrons. The summed E-state index contributed by atoms with van der Waals surface area (Å²) < 4.78 is 20.0. The second kappa shape index (κ2) is 20.5. The van der Waals surface area contributed by atoms with Gasteiger partial charge in [-0.1, -0.05) is 110 Å². The van der Waals surface area contributed by atoms with Gasteiger partial charge >= 0.3 is 13.8 Å². The molecule has 0 saturated carbocycles. The Labute approximate surface area is 184 Å². The van der Waals surface area contributed by atoms with Gasteiger partial charge in [0.1, 0.15) is 6.61 Å². The summed E-state index contributed by atoms with van der Waals surface area (Å²) in [5.74, 6) is -0.400. The van der Waals surface area contributed by atoms with Gasteiger partial charge in [0.15, 0.2) is 0 Å². The van der Waals surface area contributed by atoms with Crippen molar-refractivity contribution < 1.29 is 28.4 Å². The van der Waals surface area contributed by atoms with Crippen LogP contribution in [0.15, 0.2) is 0 Å². The van der Waals surface area contributed by atoms with Gasteiger partial charge in [-0.2, -0.15) is 0 Å². The number of hydrogen-bond donors (Lipinski definition) is 2. The first-order chi connectivity index (χ1) is 14.4. The number of rotatable bonds is 22. The Balaban J connectivity index is 3.60. The summed E-state index contributed by atoms with van der Waals surface area (Å²) in [5, 5.41) is 0. The summed E-state index contributed by atoms with van der Waals surface area (Å²) in [4.78, 5) is 29.4. The minimum Gasteiger partial charge on any atom is -0.463 e. The minimum absolute atomic E-state index is 0.122. The summed E-state index contributed by atoms with van der Waals surface area (Å²) in [6.07, 6.45) is 20.9. The first-order valence-electron chi connectivity index (χ1n) is 12.3. The maximum atomic E-state index is 12.2. The monoisotopic (exact) mass is 450 g/mol. The van der Waals surface area contributed by atoms with Crippen LogP contribution in [0, 0.1) is 5.92 Å². The number of carbonyl (C=O) groups is 1. The molecule has 0 aliphatic rings. The van der Waals surface area contributed by atoms with Crippen LogP contribution in [-0.4, -0.2) is 29.0 Å². The standard InChI is InChI=1S/C23H47O6P/c1-3-5-6-7-8-9-10-11-12-13-14-15-16-17-19-22(18-4-2)23(24)28-20-21-29-30(25,26)27/h22H,3-21H2,1-2H3,(H2,25,26,27). The fraction of sp³-hybridized carbons (Fsp3) is 0.957. The van der Waals surface area contributed by atoms with Crippen molar-refractivity contribution in [3.05, 3.63) is 0 Å². The molecule has 0 spiro atoms. The van der Waals surface area contributed by atoms with Crippen molar-refractivity contribution in [1.29, 1.82) is 0 Å². The highest BCUT2D eigenvalue weighted by molar-refractivity contribution is 7.46. The molecule has 0 aromatic heterocycles. The molecule has 0 aromatic rings. The molecule has 0 rings (SSSR count). The molecule has 0 amide bonds. The van der Waals surface area contributed by atoms with Crippen molar-refractivity contribution in [2.24, 2.45) is 5.92 Å². The van der Waals surface area contributed by atoms with Crippen molar-refractivity contribution in [2.75, 3.05) is 13.2 Å². The fourth-order valence-electron chi connectivity index (χ4n) is 3.73. The first kappa shape index (κ1) is 29.6. The van der Waals surface area contributed by atoms with E-state index in [1.165, 1.54) is 77.0 Å². The number of unbranched alkanes of at least 4 members (excludes halogenated alkanes) is 13. The summed E-state index contributed by atoms with van der Waals surface area (Å²) >= 11 is 0. The van der Waals surface area contributed by atoms with Gasteiger partial charge in [-0.25, -0.2) is 4.57 Å². The molecule has 0 aliphatic heterocycles. The summed E-state index contributed by atoms with van der Waals surface area (Å²) in [7, 11) is -4.50. The minimum atomic E-state index is -4.50. The van der Waals surface area contributed by atoms with E-state index in [1.807, 2.05) is 6.92 Å². The van der Waals surface area contributed by atoms with E-state index in [-0.39, 0.29) is 25.1 Å². The first-order valence-corrected chi connectivity index (χ1v) is 13.8. The van der Waals surface area contributed by atoms with E-state index in [4.69, 9.17) is 14.5 Å². The zero-order valence-electron chi connectivity index (χ0n) is 19.5. The van der Waals surface area contributed by atoms with E-state index >= 15 is 0 Å². The zero-order valence-corrected chi connectivity index (χ0v) is 20.4. The number of phosphoric acid groups is 1. The van der Waals surface area contributed by atoms with E-state index < -0.39 is 7.82 Å². The van der Waals surface area contributed by atoms with E-state index in [1.54, 1.807) is 0 Å². The third-order valence-electron chi connectivity index (χ3n) is 5.46. The highest BCUT2D eigenvalue weighted by atomic mass is 31.2. The molecule has 1 unspecified atom stereocenters. The van der Waals surface area contributed by atoms with E-state index in [0.29, 0.717) is 0 Å². The maximum absolute atomic E-state index is 12.2. The van der Waals surface area contributed by atoms with E-state index in [2.05, 4.69) is 11.4 Å². The Morgan fingerprint density at radius 1 is 0.700 bits per heavy atom. The van der Waals surface area contributed by atoms with Crippen LogP contribution in [0.25, 0.3) is 0 Å². The van der Waals surface area contributed by atoms with Crippen molar-refractivity contribution in [3.63, 3.8) is 0 Å². The fourth-order valence-corrected chi connectivity index (χ4v) is 4.04. The maximum Gasteiger partial charge on any atom is 0.469 e. The second-order valence-corrected chi connectivity index (χ2v) is 9.60. The van der Waals surface area contributed by atoms with Gasteiger partial charge in [-0.3, -0.25) is 9.32 Å². The second-order valence-electron chi connectivity index (χ2n) is 8.36. The molecule has 6 nitrogen and oxygen atoms in total. The Morgan fingerprint density at radius 2 is 1.17 bits per heavy atom. The van der Waals surface area contributed by atoms with E-state index in [9.17, 15) is 9.36 Å². The van der Waals surface area contributed by atoms with Crippen LogP contribution in [0.1, 0.15) is 123 Å². The molecular formula is C23H47O6P. The SMILES string of the molecule is CCCCCCCCCCCCCCCCC(CCC)C(=O)OCCOP(=O)(O)O. The molecule has 2 N–H and O–H groups in total. The van der Waals surface area contributed by atoms with Crippen LogP contribution in [0.5, 0.6) is 0 Å². The molecular weight excluding hydrogens is 403 g/mol. The molecule has 30 heavy (non-hydrogen) atoms. The third kappa shape index (κ3) is 20.8. The van der Waals surface area contributed by atoms with Gasteiger partial charge in [0.2, 0.25) is 0 Å². The smallest absolute Gasteiger partial charge is 0.463 e. The lowest BCUT2D eigenvalue weighted by atomic mass is 9.96. The van der Waals surface area contributed by atoms with Crippen LogP contribution < -0.4 is 0 Å². The predicted molar refractivity (Wildman–Crippen MR) is 122 cm³/mol. The van der Waals surface area contributed by atoms with Crippen LogP contribution in [-0.2, 0) is 18.6 Å². The van der Waals surface area contributed by atoms with Gasteiger partial charge in [-0.05, 0) is 12.8 Å². The van der Waals surface area contributed by atoms with Crippen LogP contribution in [0.3, 0.4) is 0 Å². The molecule has 0 fully saturated rings. The third-order valence-corrected chi connectivity index (χ3v) is 5.98. The van der Waals surface area contributed by atoms with Gasteiger partial charge in [0.25, 0.3) is 0 Å². The number of phosphoric ester groups is 1. The topological polar surface area (TPSA) is 93.1 Å². The largest absolute Gasteiger partial charge is 0.469 e. The molecule has 1 atom stereocenters. The molecule has 180 valence electrons. The van der Waals surface area contributed by atoms with Crippen LogP contribution >= 0.6 is 7.82 Å². The predicted octanol–water partition coefficient (Wildman–Crippen LogP) is 6.93. The lowest BCUT2D eigenvalue weighted by Crippen LogP contribution is -2.20. The Hall–Kier alpha value is -0.420. The summed E-state index contributed by atoms with van der Waals surface area (Å²) in [6.45, 7) is 3.90. The molecule has 0 aromatic carbocycles. The lowest BCUT2D eigenvalue weighted by Gasteiger charge is -2.15. The molecule has 0 saturated heterocycles. The van der Waals surface area contributed by atoms with Crippen molar-refractivity contribution in [3.8, 4) is 0 Å². The molecule has 0 heterocycles. The quantitative estimate of drug-likeness (QED) is 0.106. The Bertz CT molecular complexity index is 437. The molecule has 7 heteroatoms. The average molecular weight is 451 g/mol. The van der Waals surface area contributed by atoms with Gasteiger partial charge in [-0.15, -0.1) is 0 Å². The normalized spacial score (nSPS) is 12.8. The summed E-state index contributed by atoms with van der Waals surface area (Å²) in [6, 6.07) is 0. The van der Waals surface area contributed by atoms with Gasteiger partial charge in [0.05, 0.1) is 12.5 Å². The highest BCUT2D eigenvalue weighted by Gasteiger charge is 2.19. The van der Waals surface area contributed by atoms with Gasteiger partial charge in [0, 0.05) is 0 Å². The molecule has 0 bridgehead atoms. The lowest BCUT2D eigenvalue weighted by molar-refractivity contribution is -0.150. The Kier molecular flexibility index (Phi) is 20.2. The van der Waals surface area contributed by atoms with Gasteiger partial charge < -0.3 is 14.5 Å². The van der Waals surface area contributed by atoms with Crippen LogP contribution in [0.4, 0.5) is 0 Å². The zero-order chi connectivity index (χ0) is 22.5. The van der Waals surface area contributed by atoms with Crippen LogP contribution in [0.2, 0.25) is 0 Å². The van der Waals surface area contributed by atoms with Crippen molar-refractivity contribution in [2.45, 2.75) is 123 Å². The average Bonchev–Trinajstić information content (AvgIpc) is 2.69. The molecule has 0 aliphatic carbocycles. The van der Waals surface area contributed by atoms with Crippen molar-refractivity contribution >= 4 is 13.8 Å². The Morgan fingerprint density at radius 3 is 1.60 bits per heavy atom. The number of ether oxygens (including phenoxy) is 1. The number of esters is 1. The van der Waals surface area contributed by atoms with Crippen molar-refractivity contribution in [1.82, 2.24) is 0 Å². The number of carbonyl (C=O) groups excluding carboxylic acids is 1. The van der Waals surface area contributed by atoms with E-state index in [0.717, 1.165) is 32.1 Å².